The van der Waals surface area contributed by atoms with E-state index in [0.29, 0.717) is 5.78 Å². The molecule has 6 heteroatoms. The highest BCUT2D eigenvalue weighted by molar-refractivity contribution is 7.92. The molecule has 0 spiro atoms. The van der Waals surface area contributed by atoms with E-state index in [-0.39, 0.29) is 62.5 Å². The molecule has 0 aliphatic heterocycles. The highest BCUT2D eigenvalue weighted by atomic mass is 32.2. The van der Waals surface area contributed by atoms with Crippen LogP contribution in [0, 0.1) is 29.6 Å². The van der Waals surface area contributed by atoms with E-state index in [1.54, 1.807) is 27.7 Å². The summed E-state index contributed by atoms with van der Waals surface area (Å²) in [5.41, 5.74) is 0. The van der Waals surface area contributed by atoms with Crippen molar-refractivity contribution in [3.05, 3.63) is 0 Å². The normalized spacial score (nSPS) is 10.4. The molecule has 0 bridgehead atoms. The third-order valence-corrected chi connectivity index (χ3v) is 6.98. The van der Waals surface area contributed by atoms with Crippen LogP contribution < -0.4 is 5.32 Å². The molecule has 0 aromatic heterocycles. The van der Waals surface area contributed by atoms with Crippen LogP contribution in [0.15, 0.2) is 0 Å². The average Bonchev–Trinajstić information content (AvgIpc) is 2.60. The molecule has 0 fully saturated rings. The zero-order valence-corrected chi connectivity index (χ0v) is 25.7. The molecule has 0 atom stereocenters. The van der Waals surface area contributed by atoms with Crippen molar-refractivity contribution in [2.24, 2.45) is 29.6 Å². The van der Waals surface area contributed by atoms with Crippen molar-refractivity contribution >= 4 is 21.5 Å². The van der Waals surface area contributed by atoms with Gasteiger partial charge in [0.1, 0.15) is 5.78 Å². The number of hydrogen-bond acceptors (Lipinski definition) is 4. The molecule has 0 saturated carbocycles. The number of carbonyl (C=O) groups excluding carboxylic acids is 2. The van der Waals surface area contributed by atoms with Crippen LogP contribution in [0.25, 0.3) is 0 Å². The summed E-state index contributed by atoms with van der Waals surface area (Å²) in [6, 6.07) is 0.264. The van der Waals surface area contributed by atoms with Gasteiger partial charge in [0, 0.05) is 23.8 Å². The predicted octanol–water partition coefficient (Wildman–Crippen LogP) is 8.85. The molecule has 1 N–H and O–H groups in total. The molecule has 36 heavy (non-hydrogen) atoms. The van der Waals surface area contributed by atoms with E-state index in [4.69, 9.17) is 0 Å². The SMILES string of the molecule is C.C.C.CC(C)C(=O)C(C)C.CC(C)CC(C)C.CC(C)NC(=O)C(C)C.CC(C)S(=O)(=O)C(C)C. The van der Waals surface area contributed by atoms with Crippen molar-refractivity contribution < 1.29 is 18.0 Å². The summed E-state index contributed by atoms with van der Waals surface area (Å²) in [5.74, 6) is 2.74. The number of ketones is 1. The highest BCUT2D eigenvalue weighted by Gasteiger charge is 2.19. The van der Waals surface area contributed by atoms with Gasteiger partial charge in [-0.1, -0.05) is 91.5 Å². The van der Waals surface area contributed by atoms with Gasteiger partial charge >= 0.3 is 0 Å². The van der Waals surface area contributed by atoms with Crippen LogP contribution in [-0.2, 0) is 19.4 Å². The molecule has 0 heterocycles. The van der Waals surface area contributed by atoms with Crippen LogP contribution in [0.1, 0.15) is 139 Å². The fraction of sp³-hybridized carbons (Fsp3) is 0.933. The lowest BCUT2D eigenvalue weighted by Gasteiger charge is -2.09. The van der Waals surface area contributed by atoms with Crippen molar-refractivity contribution in [2.75, 3.05) is 0 Å². The van der Waals surface area contributed by atoms with Crippen molar-refractivity contribution in [3.8, 4) is 0 Å². The van der Waals surface area contributed by atoms with Gasteiger partial charge in [-0.05, 0) is 59.8 Å². The Hall–Kier alpha value is -0.910. The number of Topliss-reactive ketones (excluding diaryl/α,β-unsaturated/α-hetero) is 1. The van der Waals surface area contributed by atoms with E-state index in [9.17, 15) is 18.0 Å². The monoisotopic (exact) mass is 542 g/mol. The number of nitrogens with one attached hydrogen (secondary N) is 1. The van der Waals surface area contributed by atoms with E-state index in [1.807, 2.05) is 55.4 Å². The molecule has 5 nitrogen and oxygen atoms in total. The first-order valence-electron chi connectivity index (χ1n) is 12.7. The van der Waals surface area contributed by atoms with Gasteiger partial charge in [0.15, 0.2) is 9.84 Å². The highest BCUT2D eigenvalue weighted by Crippen LogP contribution is 2.08. The largest absolute Gasteiger partial charge is 0.354 e. The number of rotatable bonds is 8. The molecule has 1 amide bonds. The van der Waals surface area contributed by atoms with Crippen molar-refractivity contribution in [1.82, 2.24) is 5.32 Å². The van der Waals surface area contributed by atoms with Gasteiger partial charge in [-0.25, -0.2) is 8.42 Å². The van der Waals surface area contributed by atoms with Gasteiger partial charge in [0.2, 0.25) is 5.91 Å². The lowest BCUT2D eigenvalue weighted by atomic mass is 9.99. The summed E-state index contributed by atoms with van der Waals surface area (Å²) < 4.78 is 22.1. The Morgan fingerprint density at radius 1 is 0.556 bits per heavy atom. The zero-order chi connectivity index (χ0) is 27.7. The first-order chi connectivity index (χ1) is 14.6. The summed E-state index contributed by atoms with van der Waals surface area (Å²) in [7, 11) is -2.81. The second-order valence-electron chi connectivity index (χ2n) is 11.2. The fourth-order valence-electron chi connectivity index (χ4n) is 2.60. The van der Waals surface area contributed by atoms with Crippen LogP contribution in [0.2, 0.25) is 0 Å². The second-order valence-corrected chi connectivity index (χ2v) is 14.3. The summed E-state index contributed by atoms with van der Waals surface area (Å²) in [5, 5.41) is 2.33. The molecule has 0 aliphatic rings. The van der Waals surface area contributed by atoms with Gasteiger partial charge in [-0.15, -0.1) is 0 Å². The molecule has 0 aromatic rings. The van der Waals surface area contributed by atoms with Crippen LogP contribution in [0.4, 0.5) is 0 Å². The molecule has 0 unspecified atom stereocenters. The number of hydrogen-bond donors (Lipinski definition) is 1. The van der Waals surface area contributed by atoms with Gasteiger partial charge in [0.25, 0.3) is 0 Å². The third kappa shape index (κ3) is 35.3. The maximum atomic E-state index is 11.0. The predicted molar refractivity (Wildman–Crippen MR) is 166 cm³/mol. The lowest BCUT2D eigenvalue weighted by Crippen LogP contribution is -2.33. The topological polar surface area (TPSA) is 80.3 Å². The quantitative estimate of drug-likeness (QED) is 0.333. The van der Waals surface area contributed by atoms with Gasteiger partial charge in [-0.3, -0.25) is 9.59 Å². The summed E-state index contributed by atoms with van der Waals surface area (Å²) in [6.45, 7) is 31.3. The minimum absolute atomic E-state index is 0. The Bertz CT molecular complexity index is 558. The maximum Gasteiger partial charge on any atom is 0.222 e. The van der Waals surface area contributed by atoms with Gasteiger partial charge in [-0.2, -0.15) is 0 Å². The maximum absolute atomic E-state index is 11.0. The fourth-order valence-corrected chi connectivity index (χ4v) is 3.69. The lowest BCUT2D eigenvalue weighted by molar-refractivity contribution is -0.125. The smallest absolute Gasteiger partial charge is 0.222 e. The average molecular weight is 542 g/mol. The number of amides is 1. The minimum atomic E-state index is -2.81. The molecule has 0 rings (SSSR count). The molecule has 0 aliphatic carbocycles. The third-order valence-electron chi connectivity index (χ3n) is 4.35. The van der Waals surface area contributed by atoms with E-state index >= 15 is 0 Å². The number of sulfone groups is 1. The van der Waals surface area contributed by atoms with Crippen molar-refractivity contribution in [1.29, 1.82) is 0 Å². The standard InChI is InChI=1S/C7H15NO.C7H14O.C7H16.C6H14O2S.3CH4/c1-5(2)7(9)8-6(3)4;1-5(2)7(8)6(3)4;1-6(2)5-7(3)4;1-5(2)9(7,8)6(3)4;;;/h5-6H,1-4H3,(H,8,9);5-6H,1-4H3;6-7H,5H2,1-4H3;5-6H,1-4H3;3*1H4. The van der Waals surface area contributed by atoms with Crippen LogP contribution in [-0.4, -0.2) is 36.6 Å². The Morgan fingerprint density at radius 2 is 0.833 bits per heavy atom. The Balaban J connectivity index is -0.0000000609. The summed E-state index contributed by atoms with van der Waals surface area (Å²) >= 11 is 0. The Morgan fingerprint density at radius 3 is 0.861 bits per heavy atom. The molecular formula is C30H71NO4S. The number of carbonyl (C=O) groups is 2. The Kier molecular flexibility index (Phi) is 39.0. The first kappa shape index (κ1) is 51.7. The molecule has 226 valence electrons. The van der Waals surface area contributed by atoms with Crippen LogP contribution in [0.3, 0.4) is 0 Å². The van der Waals surface area contributed by atoms with Crippen molar-refractivity contribution in [3.63, 3.8) is 0 Å². The first-order valence-corrected chi connectivity index (χ1v) is 14.3. The summed E-state index contributed by atoms with van der Waals surface area (Å²) in [6.07, 6.45) is 1.36. The summed E-state index contributed by atoms with van der Waals surface area (Å²) in [4.78, 5) is 21.7. The zero-order valence-electron chi connectivity index (χ0n) is 24.9. The van der Waals surface area contributed by atoms with E-state index in [2.05, 4.69) is 33.0 Å². The molecule has 0 radical (unpaired) electrons. The molecule has 0 aromatic carbocycles. The van der Waals surface area contributed by atoms with Crippen LogP contribution in [0.5, 0.6) is 0 Å². The molecular weight excluding hydrogens is 470 g/mol. The van der Waals surface area contributed by atoms with E-state index in [1.165, 1.54) is 6.42 Å². The van der Waals surface area contributed by atoms with Gasteiger partial charge < -0.3 is 5.32 Å². The van der Waals surface area contributed by atoms with E-state index in [0.717, 1.165) is 11.8 Å². The van der Waals surface area contributed by atoms with E-state index < -0.39 is 9.84 Å². The minimum Gasteiger partial charge on any atom is -0.354 e. The van der Waals surface area contributed by atoms with Gasteiger partial charge in [0.05, 0.1) is 10.5 Å². The Labute approximate surface area is 230 Å². The van der Waals surface area contributed by atoms with Crippen LogP contribution >= 0.6 is 0 Å². The molecule has 0 saturated heterocycles. The van der Waals surface area contributed by atoms with Crippen molar-refractivity contribution in [2.45, 2.75) is 156 Å². The second kappa shape index (κ2) is 27.1.